The molecule has 1 amide bonds. The molecule has 0 aromatic rings. The predicted octanol–water partition coefficient (Wildman–Crippen LogP) is 16.9. The van der Waals surface area contributed by atoms with Gasteiger partial charge in [-0.2, -0.15) is 0 Å². The second-order valence-electron chi connectivity index (χ2n) is 21.8. The van der Waals surface area contributed by atoms with E-state index >= 15 is 0 Å². The van der Waals surface area contributed by atoms with Crippen LogP contribution in [-0.4, -0.2) is 87.5 Å². The Morgan fingerprint density at radius 1 is 0.449 bits per heavy atom. The molecule has 0 bridgehead atoms. The normalized spacial score (nSPS) is 19.4. The molecule has 9 nitrogen and oxygen atoms in total. The molecule has 1 fully saturated rings. The zero-order chi connectivity index (χ0) is 56.5. The minimum absolute atomic E-state index is 0.194. The average Bonchev–Trinajstić information content (AvgIpc) is 3.45. The van der Waals surface area contributed by atoms with Crippen molar-refractivity contribution in [3.05, 3.63) is 109 Å². The van der Waals surface area contributed by atoms with E-state index in [0.29, 0.717) is 6.42 Å². The summed E-state index contributed by atoms with van der Waals surface area (Å²) in [6.07, 6.45) is 77.4. The summed E-state index contributed by atoms with van der Waals surface area (Å²) in [6.45, 7) is 3.66. The van der Waals surface area contributed by atoms with Crippen molar-refractivity contribution in [2.75, 3.05) is 13.2 Å². The third kappa shape index (κ3) is 45.6. The van der Waals surface area contributed by atoms with Crippen LogP contribution in [0.4, 0.5) is 0 Å². The molecule has 78 heavy (non-hydrogen) atoms. The number of rotatable bonds is 54. The van der Waals surface area contributed by atoms with E-state index in [1.165, 1.54) is 161 Å². The summed E-state index contributed by atoms with van der Waals surface area (Å²) in [5, 5.41) is 54.6. The van der Waals surface area contributed by atoms with Crippen LogP contribution in [0.5, 0.6) is 0 Å². The second kappa shape index (κ2) is 57.1. The summed E-state index contributed by atoms with van der Waals surface area (Å²) in [5.41, 5.74) is 0. The molecule has 448 valence electrons. The Bertz CT molecular complexity index is 1590. The molecule has 9 heteroatoms. The lowest BCUT2D eigenvalue weighted by Gasteiger charge is -2.40. The molecule has 0 aromatic carbocycles. The van der Waals surface area contributed by atoms with Crippen LogP contribution in [0.1, 0.15) is 264 Å². The molecule has 1 saturated heterocycles. The average molecular weight is 1090 g/mol. The summed E-state index contributed by atoms with van der Waals surface area (Å²) in [5.74, 6) is -0.194. The number of aliphatic hydroxyl groups excluding tert-OH is 5. The highest BCUT2D eigenvalue weighted by Gasteiger charge is 2.44. The minimum Gasteiger partial charge on any atom is -0.394 e. The van der Waals surface area contributed by atoms with Crippen LogP contribution in [0.2, 0.25) is 0 Å². The Labute approximate surface area is 478 Å². The highest BCUT2D eigenvalue weighted by molar-refractivity contribution is 5.76. The molecule has 0 spiro atoms. The topological polar surface area (TPSA) is 149 Å². The van der Waals surface area contributed by atoms with E-state index in [4.69, 9.17) is 9.47 Å². The zero-order valence-corrected chi connectivity index (χ0v) is 49.9. The Kier molecular flexibility index (Phi) is 53.3. The number of aliphatic hydroxyl groups is 5. The van der Waals surface area contributed by atoms with Gasteiger partial charge in [0.1, 0.15) is 24.4 Å². The summed E-state index contributed by atoms with van der Waals surface area (Å²) in [6, 6.07) is -0.836. The quantitative estimate of drug-likeness (QED) is 0.0261. The van der Waals surface area contributed by atoms with E-state index in [1.807, 2.05) is 6.08 Å². The van der Waals surface area contributed by atoms with Crippen molar-refractivity contribution < 1.29 is 39.8 Å². The fourth-order valence-electron chi connectivity index (χ4n) is 9.55. The first-order valence-electron chi connectivity index (χ1n) is 32.1. The highest BCUT2D eigenvalue weighted by Crippen LogP contribution is 2.23. The summed E-state index contributed by atoms with van der Waals surface area (Å²) >= 11 is 0. The molecule has 7 unspecified atom stereocenters. The third-order valence-electron chi connectivity index (χ3n) is 14.6. The standard InChI is InChI=1S/C69H119NO8/c1-3-5-7-9-11-13-15-17-19-21-23-25-27-28-29-30-31-32-33-34-35-36-37-39-41-43-45-47-49-51-53-55-57-59-65(73)70-62(61-77-69-68(76)67(75)66(74)64(60-71)78-69)63(72)58-56-54-52-50-48-46-44-42-40-38-26-24-22-20-18-16-14-12-10-8-6-4-2/h5,7,11,13,17,19,23,25,28-29,31-32,40,42,48,50,56,58,62-64,66-69,71-72,74-76H,3-4,6,8-10,12,14-16,18,20-22,24,26-27,30,33-39,41,43-47,49,51-55,57,59-61H2,1-2H3,(H,70,73)/b7-5-,13-11-,19-17-,25-23-,29-28-,32-31-,42-40+,50-48+,58-56+. The molecule has 6 N–H and O–H groups in total. The second-order valence-corrected chi connectivity index (χ2v) is 21.8. The van der Waals surface area contributed by atoms with Gasteiger partial charge in [-0.15, -0.1) is 0 Å². The van der Waals surface area contributed by atoms with Crippen LogP contribution in [0.15, 0.2) is 109 Å². The maximum absolute atomic E-state index is 13.1. The van der Waals surface area contributed by atoms with Crippen LogP contribution < -0.4 is 5.32 Å². The number of carbonyl (C=O) groups is 1. The molecular formula is C69H119NO8. The number of allylic oxidation sites excluding steroid dienone is 17. The number of unbranched alkanes of at least 4 members (excludes halogenated alkanes) is 28. The fourth-order valence-corrected chi connectivity index (χ4v) is 9.55. The van der Waals surface area contributed by atoms with E-state index in [0.717, 1.165) is 83.5 Å². The number of ether oxygens (including phenoxy) is 2. The van der Waals surface area contributed by atoms with Gasteiger partial charge in [0.25, 0.3) is 0 Å². The molecule has 0 radical (unpaired) electrons. The molecule has 7 atom stereocenters. The molecule has 1 rings (SSSR count). The first kappa shape index (κ1) is 72.9. The summed E-state index contributed by atoms with van der Waals surface area (Å²) in [4.78, 5) is 13.1. The van der Waals surface area contributed by atoms with Gasteiger partial charge < -0.3 is 40.3 Å². The maximum atomic E-state index is 13.1. The van der Waals surface area contributed by atoms with Crippen LogP contribution in [0.3, 0.4) is 0 Å². The number of hydrogen-bond donors (Lipinski definition) is 6. The van der Waals surface area contributed by atoms with Crippen molar-refractivity contribution in [3.8, 4) is 0 Å². The van der Waals surface area contributed by atoms with Gasteiger partial charge in [-0.3, -0.25) is 4.79 Å². The number of hydrogen-bond acceptors (Lipinski definition) is 8. The monoisotopic (exact) mass is 1090 g/mol. The van der Waals surface area contributed by atoms with Crippen molar-refractivity contribution in [2.24, 2.45) is 0 Å². The molecule has 1 heterocycles. The maximum Gasteiger partial charge on any atom is 0.220 e. The smallest absolute Gasteiger partial charge is 0.220 e. The van der Waals surface area contributed by atoms with Gasteiger partial charge in [-0.25, -0.2) is 0 Å². The highest BCUT2D eigenvalue weighted by atomic mass is 16.7. The Hall–Kier alpha value is -3.15. The van der Waals surface area contributed by atoms with Crippen LogP contribution in [0.25, 0.3) is 0 Å². The van der Waals surface area contributed by atoms with Gasteiger partial charge in [-0.05, 0) is 96.3 Å². The Morgan fingerprint density at radius 2 is 0.808 bits per heavy atom. The number of carbonyl (C=O) groups excluding carboxylic acids is 1. The Morgan fingerprint density at radius 3 is 1.23 bits per heavy atom. The van der Waals surface area contributed by atoms with Gasteiger partial charge in [-0.1, -0.05) is 271 Å². The molecule has 1 aliphatic rings. The Balaban J connectivity index is 2.20. The lowest BCUT2D eigenvalue weighted by molar-refractivity contribution is -0.302. The molecule has 0 aliphatic carbocycles. The van der Waals surface area contributed by atoms with E-state index in [2.05, 4.69) is 116 Å². The fraction of sp³-hybridized carbons (Fsp3) is 0.725. The van der Waals surface area contributed by atoms with Gasteiger partial charge >= 0.3 is 0 Å². The SMILES string of the molecule is CC/C=C\C/C=C\C/C=C\C/C=C\C/C=C\C/C=C\CCCCCCCCCCCCCCCCC(=O)NC(COC1OC(CO)C(O)C(O)C1O)C(O)/C=C/CC/C=C/CC/C=C/CCCCCCCCCCCCCC. The van der Waals surface area contributed by atoms with Crippen molar-refractivity contribution in [1.82, 2.24) is 5.32 Å². The van der Waals surface area contributed by atoms with E-state index in [9.17, 15) is 30.3 Å². The van der Waals surface area contributed by atoms with E-state index < -0.39 is 49.5 Å². The molecule has 1 aliphatic heterocycles. The first-order valence-corrected chi connectivity index (χ1v) is 32.1. The zero-order valence-electron chi connectivity index (χ0n) is 49.9. The van der Waals surface area contributed by atoms with Crippen molar-refractivity contribution in [3.63, 3.8) is 0 Å². The van der Waals surface area contributed by atoms with Gasteiger partial charge in [0.15, 0.2) is 6.29 Å². The first-order chi connectivity index (χ1) is 38.3. The van der Waals surface area contributed by atoms with Crippen LogP contribution in [0, 0.1) is 0 Å². The lowest BCUT2D eigenvalue weighted by atomic mass is 9.99. The van der Waals surface area contributed by atoms with Crippen molar-refractivity contribution in [2.45, 2.75) is 307 Å². The molecular weight excluding hydrogens is 971 g/mol. The van der Waals surface area contributed by atoms with Crippen LogP contribution >= 0.6 is 0 Å². The number of nitrogens with one attached hydrogen (secondary N) is 1. The minimum atomic E-state index is -1.58. The summed E-state index contributed by atoms with van der Waals surface area (Å²) < 4.78 is 11.3. The van der Waals surface area contributed by atoms with E-state index in [-0.39, 0.29) is 12.5 Å². The third-order valence-corrected chi connectivity index (χ3v) is 14.6. The van der Waals surface area contributed by atoms with Gasteiger partial charge in [0, 0.05) is 6.42 Å². The van der Waals surface area contributed by atoms with Crippen molar-refractivity contribution >= 4 is 5.91 Å². The molecule has 0 saturated carbocycles. The number of amides is 1. The van der Waals surface area contributed by atoms with Crippen molar-refractivity contribution in [1.29, 1.82) is 0 Å². The molecule has 0 aromatic heterocycles. The van der Waals surface area contributed by atoms with Crippen LogP contribution in [-0.2, 0) is 14.3 Å². The predicted molar refractivity (Wildman–Crippen MR) is 331 cm³/mol. The summed E-state index contributed by atoms with van der Waals surface area (Å²) in [7, 11) is 0. The van der Waals surface area contributed by atoms with E-state index in [1.54, 1.807) is 6.08 Å². The lowest BCUT2D eigenvalue weighted by Crippen LogP contribution is -2.60. The van der Waals surface area contributed by atoms with Gasteiger partial charge in [0.2, 0.25) is 5.91 Å². The largest absolute Gasteiger partial charge is 0.394 e. The van der Waals surface area contributed by atoms with Gasteiger partial charge in [0.05, 0.1) is 25.4 Å².